The van der Waals surface area contributed by atoms with Crippen LogP contribution >= 0.6 is 0 Å². The Kier molecular flexibility index (Phi) is 2.68. The molecule has 5 heteroatoms. The van der Waals surface area contributed by atoms with E-state index in [-0.39, 0.29) is 5.88 Å². The maximum atomic E-state index is 13.2. The van der Waals surface area contributed by atoms with Gasteiger partial charge in [-0.15, -0.1) is 0 Å². The molecule has 1 heterocycles. The van der Waals surface area contributed by atoms with Crippen molar-refractivity contribution in [3.05, 3.63) is 48.2 Å². The first-order chi connectivity index (χ1) is 7.65. The number of ether oxygens (including phenoxy) is 1. The SMILES string of the molecule is Nc1cccc(Oc2ncc(F)cc2F)c1. The van der Waals surface area contributed by atoms with Crippen LogP contribution in [0.4, 0.5) is 14.5 Å². The first kappa shape index (κ1) is 10.4. The van der Waals surface area contributed by atoms with Crippen molar-refractivity contribution in [1.82, 2.24) is 4.98 Å². The fourth-order valence-corrected chi connectivity index (χ4v) is 1.17. The van der Waals surface area contributed by atoms with Crippen LogP contribution < -0.4 is 10.5 Å². The van der Waals surface area contributed by atoms with Gasteiger partial charge in [-0.25, -0.2) is 13.8 Å². The average molecular weight is 222 g/mol. The van der Waals surface area contributed by atoms with Crippen molar-refractivity contribution in [3.63, 3.8) is 0 Å². The molecule has 0 unspecified atom stereocenters. The number of hydrogen-bond donors (Lipinski definition) is 1. The quantitative estimate of drug-likeness (QED) is 0.795. The molecule has 2 N–H and O–H groups in total. The van der Waals surface area contributed by atoms with Crippen molar-refractivity contribution in [3.8, 4) is 11.6 Å². The topological polar surface area (TPSA) is 48.1 Å². The molecule has 1 aromatic carbocycles. The Morgan fingerprint density at radius 1 is 1.19 bits per heavy atom. The van der Waals surface area contributed by atoms with E-state index < -0.39 is 11.6 Å². The predicted octanol–water partition coefficient (Wildman–Crippen LogP) is 2.73. The summed E-state index contributed by atoms with van der Waals surface area (Å²) in [4.78, 5) is 3.49. The van der Waals surface area contributed by atoms with E-state index in [9.17, 15) is 8.78 Å². The smallest absolute Gasteiger partial charge is 0.256 e. The molecule has 0 atom stereocenters. The fourth-order valence-electron chi connectivity index (χ4n) is 1.17. The summed E-state index contributed by atoms with van der Waals surface area (Å²) in [5.74, 6) is -1.55. The molecule has 1 aromatic heterocycles. The number of nitrogens with two attached hydrogens (primary N) is 1. The van der Waals surface area contributed by atoms with Crippen LogP contribution in [0.25, 0.3) is 0 Å². The number of rotatable bonds is 2. The maximum Gasteiger partial charge on any atom is 0.256 e. The maximum absolute atomic E-state index is 13.2. The van der Waals surface area contributed by atoms with Crippen LogP contribution in [0.3, 0.4) is 0 Å². The molecule has 16 heavy (non-hydrogen) atoms. The fraction of sp³-hybridized carbons (Fsp3) is 0. The van der Waals surface area contributed by atoms with Crippen LogP contribution in [0.2, 0.25) is 0 Å². The number of nitrogen functional groups attached to an aromatic ring is 1. The second-order valence-electron chi connectivity index (χ2n) is 3.12. The van der Waals surface area contributed by atoms with Gasteiger partial charge in [-0.2, -0.15) is 0 Å². The third kappa shape index (κ3) is 2.25. The van der Waals surface area contributed by atoms with Gasteiger partial charge in [0.2, 0.25) is 0 Å². The number of hydrogen-bond acceptors (Lipinski definition) is 3. The number of aromatic nitrogens is 1. The standard InChI is InChI=1S/C11H8F2N2O/c12-7-4-10(13)11(15-6-7)16-9-3-1-2-8(14)5-9/h1-6H,14H2. The predicted molar refractivity (Wildman–Crippen MR) is 55.1 cm³/mol. The van der Waals surface area contributed by atoms with Crippen molar-refractivity contribution in [2.24, 2.45) is 0 Å². The summed E-state index contributed by atoms with van der Waals surface area (Å²) >= 11 is 0. The average Bonchev–Trinajstić information content (AvgIpc) is 2.22. The summed E-state index contributed by atoms with van der Waals surface area (Å²) in [6.45, 7) is 0. The Labute approximate surface area is 90.5 Å². The monoisotopic (exact) mass is 222 g/mol. The first-order valence-electron chi connectivity index (χ1n) is 4.49. The van der Waals surface area contributed by atoms with Crippen molar-refractivity contribution >= 4 is 5.69 Å². The highest BCUT2D eigenvalue weighted by atomic mass is 19.1. The molecule has 0 saturated carbocycles. The molecular formula is C11H8F2N2O. The van der Waals surface area contributed by atoms with E-state index in [0.29, 0.717) is 17.5 Å². The van der Waals surface area contributed by atoms with Gasteiger partial charge in [0.25, 0.3) is 5.88 Å². The number of benzene rings is 1. The Morgan fingerprint density at radius 3 is 2.69 bits per heavy atom. The minimum atomic E-state index is -0.859. The van der Waals surface area contributed by atoms with Gasteiger partial charge in [-0.1, -0.05) is 6.07 Å². The molecule has 3 nitrogen and oxygen atoms in total. The number of halogens is 2. The molecule has 0 fully saturated rings. The molecule has 0 spiro atoms. The highest BCUT2D eigenvalue weighted by Crippen LogP contribution is 2.23. The Bertz CT molecular complexity index is 517. The lowest BCUT2D eigenvalue weighted by molar-refractivity contribution is 0.417. The van der Waals surface area contributed by atoms with E-state index in [1.165, 1.54) is 6.07 Å². The van der Waals surface area contributed by atoms with Gasteiger partial charge in [0.1, 0.15) is 11.6 Å². The molecule has 0 bridgehead atoms. The lowest BCUT2D eigenvalue weighted by Crippen LogP contribution is -1.94. The van der Waals surface area contributed by atoms with Gasteiger partial charge >= 0.3 is 0 Å². The zero-order valence-corrected chi connectivity index (χ0v) is 8.15. The van der Waals surface area contributed by atoms with Crippen molar-refractivity contribution < 1.29 is 13.5 Å². The third-order valence-corrected chi connectivity index (χ3v) is 1.85. The van der Waals surface area contributed by atoms with Crippen molar-refractivity contribution in [2.45, 2.75) is 0 Å². The zero-order valence-electron chi connectivity index (χ0n) is 8.15. The molecule has 2 rings (SSSR count). The molecule has 0 aliphatic heterocycles. The van der Waals surface area contributed by atoms with Crippen LogP contribution in [0, 0.1) is 11.6 Å². The van der Waals surface area contributed by atoms with Crippen molar-refractivity contribution in [2.75, 3.05) is 5.73 Å². The van der Waals surface area contributed by atoms with Crippen LogP contribution in [0.1, 0.15) is 0 Å². The summed E-state index contributed by atoms with van der Waals surface area (Å²) in [6.07, 6.45) is 0.880. The van der Waals surface area contributed by atoms with E-state index in [1.807, 2.05) is 0 Å². The second-order valence-corrected chi connectivity index (χ2v) is 3.12. The lowest BCUT2D eigenvalue weighted by Gasteiger charge is -2.05. The van der Waals surface area contributed by atoms with Crippen LogP contribution in [0.5, 0.6) is 11.6 Å². The van der Waals surface area contributed by atoms with Gasteiger partial charge in [0.05, 0.1) is 6.20 Å². The number of anilines is 1. The summed E-state index contributed by atoms with van der Waals surface area (Å²) < 4.78 is 30.9. The first-order valence-corrected chi connectivity index (χ1v) is 4.49. The molecule has 0 radical (unpaired) electrons. The van der Waals surface area contributed by atoms with Crippen LogP contribution in [0.15, 0.2) is 36.5 Å². The minimum absolute atomic E-state index is 0.285. The zero-order chi connectivity index (χ0) is 11.5. The van der Waals surface area contributed by atoms with Gasteiger partial charge in [-0.3, -0.25) is 0 Å². The molecule has 0 saturated heterocycles. The van der Waals surface area contributed by atoms with E-state index in [1.54, 1.807) is 18.2 Å². The van der Waals surface area contributed by atoms with Gasteiger partial charge in [-0.05, 0) is 12.1 Å². The molecule has 0 aliphatic rings. The normalized spacial score (nSPS) is 10.1. The Balaban J connectivity index is 2.27. The van der Waals surface area contributed by atoms with E-state index in [0.717, 1.165) is 6.20 Å². The molecule has 0 amide bonds. The minimum Gasteiger partial charge on any atom is -0.436 e. The highest BCUT2D eigenvalue weighted by Gasteiger charge is 2.07. The summed E-state index contributed by atoms with van der Waals surface area (Å²) in [5, 5.41) is 0. The molecule has 82 valence electrons. The third-order valence-electron chi connectivity index (χ3n) is 1.85. The number of pyridine rings is 1. The van der Waals surface area contributed by atoms with Crippen LogP contribution in [-0.4, -0.2) is 4.98 Å². The molecule has 0 aliphatic carbocycles. The Morgan fingerprint density at radius 2 is 2.00 bits per heavy atom. The molecule has 2 aromatic rings. The van der Waals surface area contributed by atoms with E-state index in [4.69, 9.17) is 10.5 Å². The van der Waals surface area contributed by atoms with Gasteiger partial charge in [0, 0.05) is 17.8 Å². The summed E-state index contributed by atoms with van der Waals surface area (Å²) in [5.41, 5.74) is 6.01. The highest BCUT2D eigenvalue weighted by molar-refractivity contribution is 5.44. The number of nitrogens with zero attached hydrogens (tertiary/aromatic N) is 1. The Hall–Kier alpha value is -2.17. The van der Waals surface area contributed by atoms with E-state index >= 15 is 0 Å². The van der Waals surface area contributed by atoms with Gasteiger partial charge in [0.15, 0.2) is 5.82 Å². The summed E-state index contributed by atoms with van der Waals surface area (Å²) in [6, 6.07) is 7.15. The van der Waals surface area contributed by atoms with Crippen LogP contribution in [-0.2, 0) is 0 Å². The lowest BCUT2D eigenvalue weighted by atomic mass is 10.3. The van der Waals surface area contributed by atoms with Crippen molar-refractivity contribution in [1.29, 1.82) is 0 Å². The summed E-state index contributed by atoms with van der Waals surface area (Å²) in [7, 11) is 0. The molecular weight excluding hydrogens is 214 g/mol. The second kappa shape index (κ2) is 4.14. The van der Waals surface area contributed by atoms with Gasteiger partial charge < -0.3 is 10.5 Å². The van der Waals surface area contributed by atoms with E-state index in [2.05, 4.69) is 4.98 Å². The largest absolute Gasteiger partial charge is 0.436 e.